The maximum Gasteiger partial charge on any atom is 0.101 e. The van der Waals surface area contributed by atoms with Crippen LogP contribution >= 0.6 is 0 Å². The van der Waals surface area contributed by atoms with E-state index in [2.05, 4.69) is 37.5 Å². The van der Waals surface area contributed by atoms with E-state index in [1.807, 2.05) is 36.5 Å². The van der Waals surface area contributed by atoms with Gasteiger partial charge in [0.2, 0.25) is 0 Å². The fourth-order valence-corrected chi connectivity index (χ4v) is 1.13. The Morgan fingerprint density at radius 3 is 1.33 bits per heavy atom. The van der Waals surface area contributed by atoms with E-state index in [1.165, 1.54) is 33.4 Å². The Morgan fingerprint density at radius 1 is 0.800 bits per heavy atom. The number of aromatic amines is 1. The molecule has 5 N–H and O–H groups in total. The summed E-state index contributed by atoms with van der Waals surface area (Å²) in [4.78, 5) is 6.81. The van der Waals surface area contributed by atoms with Crippen LogP contribution < -0.4 is 0 Å². The first-order chi connectivity index (χ1) is 13.9. The molecule has 11 heteroatoms. The van der Waals surface area contributed by atoms with Crippen molar-refractivity contribution < 1.29 is 37.6 Å². The molecule has 2 heterocycles. The molecule has 0 saturated carbocycles. The molecule has 1 radical (unpaired) electrons. The number of pyridine rings is 1. The van der Waals surface area contributed by atoms with Crippen LogP contribution in [0.5, 0.6) is 0 Å². The molecule has 0 fully saturated rings. The van der Waals surface area contributed by atoms with Gasteiger partial charge in [0.05, 0.1) is 0 Å². The smallest absolute Gasteiger partial charge is 0.101 e. The molecule has 10 nitrogen and oxygen atoms in total. The van der Waals surface area contributed by atoms with Gasteiger partial charge < -0.3 is 32.7 Å². The summed E-state index contributed by atoms with van der Waals surface area (Å²) in [6, 6.07) is 9.71. The van der Waals surface area contributed by atoms with Gasteiger partial charge in [-0.3, -0.25) is 4.98 Å². The molecule has 0 aromatic carbocycles. The fraction of sp³-hybridized carbons (Fsp3) is 0.263. The number of H-pyrrole nitrogens is 1. The summed E-state index contributed by atoms with van der Waals surface area (Å²) in [6.07, 6.45) is 6.26. The minimum Gasteiger partial charge on any atom is -0.411 e. The van der Waals surface area contributed by atoms with Crippen LogP contribution in [-0.2, 0) is 23.2 Å². The number of rotatable bonds is 3. The normalized spacial score (nSPS) is 11.4. The third-order valence-electron chi connectivity index (χ3n) is 3.15. The number of hydrogen-bond donors (Lipinski definition) is 5. The molecule has 0 saturated heterocycles. The van der Waals surface area contributed by atoms with Gasteiger partial charge in [-0.15, -0.1) is 6.42 Å². The zero-order valence-corrected chi connectivity index (χ0v) is 18.4. The van der Waals surface area contributed by atoms with Gasteiger partial charge in [-0.1, -0.05) is 26.7 Å². The van der Waals surface area contributed by atoms with Gasteiger partial charge in [0.1, 0.15) is 22.8 Å². The summed E-state index contributed by atoms with van der Waals surface area (Å²) < 4.78 is 0. The van der Waals surface area contributed by atoms with Crippen molar-refractivity contribution in [1.29, 1.82) is 0 Å². The Bertz CT molecular complexity index is 657. The third-order valence-corrected chi connectivity index (χ3v) is 3.15. The topological polar surface area (TPSA) is 159 Å². The van der Waals surface area contributed by atoms with E-state index in [4.69, 9.17) is 20.8 Å². The quantitative estimate of drug-likeness (QED) is 0.202. The van der Waals surface area contributed by atoms with Gasteiger partial charge in [-0.25, -0.2) is 0 Å². The summed E-state index contributed by atoms with van der Waals surface area (Å²) in [5, 5.41) is 43.3. The number of oxime groups is 4. The minimum absolute atomic E-state index is 0. The van der Waals surface area contributed by atoms with Crippen molar-refractivity contribution in [1.82, 2.24) is 9.97 Å². The van der Waals surface area contributed by atoms with Crippen LogP contribution in [0.15, 0.2) is 69.5 Å². The third kappa shape index (κ3) is 18.2. The molecule has 0 aliphatic heterocycles. The summed E-state index contributed by atoms with van der Waals surface area (Å²) in [5.41, 5.74) is 2.44. The monoisotopic (exact) mass is 464 g/mol. The van der Waals surface area contributed by atoms with Gasteiger partial charge in [0.25, 0.3) is 0 Å². The molecule has 0 bridgehead atoms. The van der Waals surface area contributed by atoms with Crippen molar-refractivity contribution in [3.8, 4) is 0 Å². The molecular weight excluding hydrogens is 435 g/mol. The van der Waals surface area contributed by atoms with E-state index in [-0.39, 0.29) is 16.8 Å². The van der Waals surface area contributed by atoms with Gasteiger partial charge in [-0.05, 0) is 57.7 Å². The van der Waals surface area contributed by atoms with Crippen molar-refractivity contribution in [3.05, 3.63) is 61.5 Å². The van der Waals surface area contributed by atoms with E-state index >= 15 is 0 Å². The average Bonchev–Trinajstić information content (AvgIpc) is 3.33. The minimum atomic E-state index is 0. The van der Waals surface area contributed by atoms with Crippen LogP contribution in [-0.4, -0.2) is 53.6 Å². The summed E-state index contributed by atoms with van der Waals surface area (Å²) in [6.45, 7) is 9.84. The van der Waals surface area contributed by atoms with Crippen LogP contribution in [0.3, 0.4) is 0 Å². The standard InChI is InChI=1S/C6H8N.C5H5N.2C4H8N2O2.Co/c1-2-6-4-3-5-7-6;1-2-4-6-5-3-1;2*1-3(5-7)4(2)6-8;/h3-5,7H,1-2H2;1-5H;2*7-8H,1-2H3;/q-1;;;;/b;;2*5-3-,6-4+;. The van der Waals surface area contributed by atoms with Crippen LogP contribution in [0.4, 0.5) is 0 Å². The zero-order valence-electron chi connectivity index (χ0n) is 17.4. The molecule has 2 rings (SSSR count). The largest absolute Gasteiger partial charge is 0.411 e. The van der Waals surface area contributed by atoms with Crippen molar-refractivity contribution >= 4 is 22.8 Å². The van der Waals surface area contributed by atoms with E-state index in [0.717, 1.165) is 6.42 Å². The number of nitrogens with one attached hydrogen (secondary N) is 1. The molecule has 0 unspecified atom stereocenters. The number of nitrogens with zero attached hydrogens (tertiary/aromatic N) is 5. The molecule has 169 valence electrons. The Labute approximate surface area is 186 Å². The molecule has 2 aromatic heterocycles. The van der Waals surface area contributed by atoms with E-state index in [9.17, 15) is 0 Å². The average molecular weight is 464 g/mol. The fourth-order valence-electron chi connectivity index (χ4n) is 1.13. The van der Waals surface area contributed by atoms with Crippen LogP contribution in [0.25, 0.3) is 0 Å². The van der Waals surface area contributed by atoms with Crippen LogP contribution in [0.2, 0.25) is 0 Å². The van der Waals surface area contributed by atoms with E-state index in [1.54, 1.807) is 12.4 Å². The predicted octanol–water partition coefficient (Wildman–Crippen LogP) is 3.84. The molecule has 0 aliphatic rings. The predicted molar refractivity (Wildman–Crippen MR) is 114 cm³/mol. The number of aromatic nitrogens is 2. The van der Waals surface area contributed by atoms with Crippen molar-refractivity contribution in [2.24, 2.45) is 20.6 Å². The second kappa shape index (κ2) is 22.1. The number of hydrogen-bond acceptors (Lipinski definition) is 9. The van der Waals surface area contributed by atoms with Gasteiger partial charge in [0.15, 0.2) is 0 Å². The SMILES string of the molecule is CC(=N/O)/C(C)=N/O.CC(=N/O)/C(C)=N/O.[CH2-]Cc1ccc[nH]1.[Co].c1ccncc1. The van der Waals surface area contributed by atoms with Crippen molar-refractivity contribution in [2.75, 3.05) is 0 Å². The summed E-state index contributed by atoms with van der Waals surface area (Å²) in [5.74, 6) is 0. The summed E-state index contributed by atoms with van der Waals surface area (Å²) >= 11 is 0. The van der Waals surface area contributed by atoms with Gasteiger partial charge in [0, 0.05) is 35.4 Å². The first-order valence-corrected chi connectivity index (χ1v) is 8.39. The Morgan fingerprint density at radius 2 is 1.20 bits per heavy atom. The van der Waals surface area contributed by atoms with E-state index in [0.29, 0.717) is 22.8 Å². The Balaban J connectivity index is -0.000000321. The molecule has 30 heavy (non-hydrogen) atoms. The molecular formula is C19H29CoN6O4-. The van der Waals surface area contributed by atoms with Crippen LogP contribution in [0, 0.1) is 6.92 Å². The second-order valence-electron chi connectivity index (χ2n) is 5.21. The molecule has 0 spiro atoms. The van der Waals surface area contributed by atoms with Gasteiger partial charge >= 0.3 is 0 Å². The second-order valence-corrected chi connectivity index (χ2v) is 5.21. The van der Waals surface area contributed by atoms with Crippen LogP contribution in [0.1, 0.15) is 33.4 Å². The maximum atomic E-state index is 8.03. The van der Waals surface area contributed by atoms with Gasteiger partial charge in [-0.2, -0.15) is 0 Å². The van der Waals surface area contributed by atoms with E-state index < -0.39 is 0 Å². The molecule has 0 amide bonds. The Hall–Kier alpha value is -3.18. The maximum absolute atomic E-state index is 8.03. The van der Waals surface area contributed by atoms with Crippen molar-refractivity contribution in [3.63, 3.8) is 0 Å². The Kier molecular flexibility index (Phi) is 23.2. The molecule has 0 atom stereocenters. The molecule has 0 aliphatic carbocycles. The summed E-state index contributed by atoms with van der Waals surface area (Å²) in [7, 11) is 0. The first kappa shape index (κ1) is 31.5. The molecule has 2 aromatic rings. The first-order valence-electron chi connectivity index (χ1n) is 8.39. The van der Waals surface area contributed by atoms with Crippen molar-refractivity contribution in [2.45, 2.75) is 34.1 Å². The zero-order chi connectivity index (χ0) is 22.5.